The van der Waals surface area contributed by atoms with Gasteiger partial charge in [-0.3, -0.25) is 19.4 Å². The maximum Gasteiger partial charge on any atom is 0.326 e. The van der Waals surface area contributed by atoms with Crippen molar-refractivity contribution in [2.75, 3.05) is 19.7 Å². The Balaban J connectivity index is 3.05. The van der Waals surface area contributed by atoms with Crippen molar-refractivity contribution >= 4 is 29.7 Å². The molecule has 0 aliphatic heterocycles. The second-order valence-corrected chi connectivity index (χ2v) is 8.73. The summed E-state index contributed by atoms with van der Waals surface area (Å²) in [7, 11) is 0. The lowest BCUT2D eigenvalue weighted by Crippen LogP contribution is -2.57. The Morgan fingerprint density at radius 3 is 1.92 bits per heavy atom. The van der Waals surface area contributed by atoms with Crippen molar-refractivity contribution in [2.24, 2.45) is 27.9 Å². The Bertz CT molecular complexity index is 926. The van der Waals surface area contributed by atoms with Crippen LogP contribution in [0.4, 0.5) is 0 Å². The third kappa shape index (κ3) is 12.5. The van der Waals surface area contributed by atoms with Gasteiger partial charge in [0.05, 0.1) is 6.61 Å². The first kappa shape index (κ1) is 32.3. The van der Waals surface area contributed by atoms with E-state index in [1.165, 1.54) is 0 Å². The van der Waals surface area contributed by atoms with Gasteiger partial charge in [-0.15, -0.1) is 0 Å². The van der Waals surface area contributed by atoms with Crippen molar-refractivity contribution in [3.05, 3.63) is 35.9 Å². The topological polar surface area (TPSA) is 261 Å². The lowest BCUT2D eigenvalue weighted by molar-refractivity contribution is -0.142. The number of aliphatic carboxylic acids is 1. The standard InChI is InChI=1S/C24H40N8O6/c25-11-5-4-9-17(30-20(34)16(26)14-33)21(35)31-18(10-6-12-29-24(27)28)22(36)32-19(23(37)38)13-15-7-2-1-3-8-15/h1-3,7-8,16-19,33H,4-6,9-14,25-26H2,(H,30,34)(H,31,35)(H,32,36)(H,37,38)(H4,27,28,29). The average Bonchev–Trinajstić information content (AvgIpc) is 2.89. The molecule has 0 spiro atoms. The summed E-state index contributed by atoms with van der Waals surface area (Å²) in [6.07, 6.45) is 1.73. The fraction of sp³-hybridized carbons (Fsp3) is 0.542. The SMILES string of the molecule is NCCCCC(NC(=O)C(N)CO)C(=O)NC(CCCN=C(N)N)C(=O)NC(Cc1ccccc1)C(=O)O. The molecule has 4 atom stereocenters. The predicted molar refractivity (Wildman–Crippen MR) is 141 cm³/mol. The van der Waals surface area contributed by atoms with Crippen molar-refractivity contribution < 1.29 is 29.4 Å². The fourth-order valence-corrected chi connectivity index (χ4v) is 3.49. The highest BCUT2D eigenvalue weighted by Gasteiger charge is 2.30. The van der Waals surface area contributed by atoms with Gasteiger partial charge in [-0.25, -0.2) is 4.79 Å². The third-order valence-electron chi connectivity index (χ3n) is 5.59. The second-order valence-electron chi connectivity index (χ2n) is 8.73. The lowest BCUT2D eigenvalue weighted by Gasteiger charge is -2.25. The zero-order valence-electron chi connectivity index (χ0n) is 21.3. The number of carboxylic acids is 1. The van der Waals surface area contributed by atoms with Gasteiger partial charge in [0.25, 0.3) is 0 Å². The molecule has 0 fully saturated rings. The number of benzene rings is 1. The Morgan fingerprint density at radius 1 is 0.842 bits per heavy atom. The fourth-order valence-electron chi connectivity index (χ4n) is 3.49. The molecule has 1 aromatic carbocycles. The van der Waals surface area contributed by atoms with Crippen LogP contribution >= 0.6 is 0 Å². The molecule has 14 nitrogen and oxygen atoms in total. The molecule has 38 heavy (non-hydrogen) atoms. The second kappa shape index (κ2) is 17.7. The van der Waals surface area contributed by atoms with Gasteiger partial charge in [0.15, 0.2) is 5.96 Å². The van der Waals surface area contributed by atoms with E-state index in [0.29, 0.717) is 31.4 Å². The number of nitrogens with one attached hydrogen (secondary N) is 3. The van der Waals surface area contributed by atoms with Gasteiger partial charge in [0.2, 0.25) is 17.7 Å². The normalized spacial score (nSPS) is 13.9. The maximum absolute atomic E-state index is 13.1. The summed E-state index contributed by atoms with van der Waals surface area (Å²) in [6, 6.07) is 4.10. The summed E-state index contributed by atoms with van der Waals surface area (Å²) in [4.78, 5) is 54.2. The lowest BCUT2D eigenvalue weighted by atomic mass is 10.0. The van der Waals surface area contributed by atoms with Crippen LogP contribution in [0.25, 0.3) is 0 Å². The highest BCUT2D eigenvalue weighted by molar-refractivity contribution is 5.94. The molecule has 3 amide bonds. The number of nitrogens with zero attached hydrogens (tertiary/aromatic N) is 1. The summed E-state index contributed by atoms with van der Waals surface area (Å²) >= 11 is 0. The van der Waals surface area contributed by atoms with Crippen LogP contribution in [0.3, 0.4) is 0 Å². The molecule has 0 aromatic heterocycles. The summed E-state index contributed by atoms with van der Waals surface area (Å²) in [6.45, 7) is -0.0561. The Morgan fingerprint density at radius 2 is 1.39 bits per heavy atom. The molecule has 4 unspecified atom stereocenters. The van der Waals surface area contributed by atoms with E-state index in [0.717, 1.165) is 0 Å². The first-order valence-electron chi connectivity index (χ1n) is 12.4. The first-order valence-corrected chi connectivity index (χ1v) is 12.4. The Labute approximate surface area is 221 Å². The van der Waals surface area contributed by atoms with Gasteiger partial charge in [-0.2, -0.15) is 0 Å². The van der Waals surface area contributed by atoms with Crippen LogP contribution in [0.5, 0.6) is 0 Å². The molecular formula is C24H40N8O6. The predicted octanol–water partition coefficient (Wildman–Crippen LogP) is -2.73. The number of aliphatic hydroxyl groups excluding tert-OH is 1. The van der Waals surface area contributed by atoms with Crippen molar-refractivity contribution in [2.45, 2.75) is 62.7 Å². The zero-order valence-corrected chi connectivity index (χ0v) is 21.3. The maximum atomic E-state index is 13.1. The number of carbonyl (C=O) groups is 4. The molecule has 0 heterocycles. The van der Waals surface area contributed by atoms with E-state index >= 15 is 0 Å². The van der Waals surface area contributed by atoms with E-state index in [9.17, 15) is 24.3 Å². The smallest absolute Gasteiger partial charge is 0.326 e. The number of hydrogen-bond donors (Lipinski definition) is 9. The van der Waals surface area contributed by atoms with Crippen molar-refractivity contribution in [1.82, 2.24) is 16.0 Å². The number of aliphatic hydroxyl groups is 1. The molecular weight excluding hydrogens is 496 g/mol. The monoisotopic (exact) mass is 536 g/mol. The number of aliphatic imine (C=N–C) groups is 1. The summed E-state index contributed by atoms with van der Waals surface area (Å²) in [5.74, 6) is -3.49. The molecule has 0 aliphatic carbocycles. The van der Waals surface area contributed by atoms with Crippen LogP contribution in [0.2, 0.25) is 0 Å². The van der Waals surface area contributed by atoms with Gasteiger partial charge < -0.3 is 49.1 Å². The van der Waals surface area contributed by atoms with Crippen LogP contribution in [0.1, 0.15) is 37.7 Å². The largest absolute Gasteiger partial charge is 0.480 e. The first-order chi connectivity index (χ1) is 18.1. The van der Waals surface area contributed by atoms with Crippen LogP contribution in [0, 0.1) is 0 Å². The number of carboxylic acid groups (broad SMARTS) is 1. The summed E-state index contributed by atoms with van der Waals surface area (Å²) in [5, 5.41) is 26.4. The molecule has 14 heteroatoms. The molecule has 1 aromatic rings. The highest BCUT2D eigenvalue weighted by Crippen LogP contribution is 2.07. The highest BCUT2D eigenvalue weighted by atomic mass is 16.4. The van der Waals surface area contributed by atoms with Crippen LogP contribution < -0.4 is 38.9 Å². The Kier molecular flexibility index (Phi) is 15.0. The van der Waals surface area contributed by atoms with Gasteiger partial charge >= 0.3 is 5.97 Å². The number of rotatable bonds is 18. The van der Waals surface area contributed by atoms with Crippen LogP contribution in [0.15, 0.2) is 35.3 Å². The summed E-state index contributed by atoms with van der Waals surface area (Å²) < 4.78 is 0. The minimum absolute atomic E-state index is 0.0351. The summed E-state index contributed by atoms with van der Waals surface area (Å²) in [5.41, 5.74) is 22.5. The van der Waals surface area contributed by atoms with E-state index < -0.39 is 54.5 Å². The molecule has 0 aliphatic rings. The number of carbonyl (C=O) groups excluding carboxylic acids is 3. The molecule has 0 saturated carbocycles. The van der Waals surface area contributed by atoms with Crippen LogP contribution in [-0.4, -0.2) is 83.7 Å². The Hall–Kier alpha value is -3.75. The van der Waals surface area contributed by atoms with E-state index in [-0.39, 0.29) is 31.8 Å². The number of guanidine groups is 1. The van der Waals surface area contributed by atoms with E-state index in [2.05, 4.69) is 20.9 Å². The van der Waals surface area contributed by atoms with E-state index in [4.69, 9.17) is 28.0 Å². The van der Waals surface area contributed by atoms with Crippen molar-refractivity contribution in [3.63, 3.8) is 0 Å². The number of hydrogen-bond acceptors (Lipinski definition) is 8. The molecule has 0 saturated heterocycles. The number of amides is 3. The molecule has 0 radical (unpaired) electrons. The van der Waals surface area contributed by atoms with Gasteiger partial charge in [-0.05, 0) is 44.2 Å². The van der Waals surface area contributed by atoms with E-state index in [1.807, 2.05) is 0 Å². The molecule has 13 N–H and O–H groups in total. The number of nitrogens with two attached hydrogens (primary N) is 4. The van der Waals surface area contributed by atoms with Crippen molar-refractivity contribution in [1.29, 1.82) is 0 Å². The van der Waals surface area contributed by atoms with Gasteiger partial charge in [0.1, 0.15) is 24.2 Å². The molecule has 1 rings (SSSR count). The molecule has 0 bridgehead atoms. The minimum Gasteiger partial charge on any atom is -0.480 e. The van der Waals surface area contributed by atoms with Crippen molar-refractivity contribution in [3.8, 4) is 0 Å². The van der Waals surface area contributed by atoms with Crippen LogP contribution in [-0.2, 0) is 25.6 Å². The third-order valence-corrected chi connectivity index (χ3v) is 5.59. The minimum atomic E-state index is -1.25. The molecule has 212 valence electrons. The quantitative estimate of drug-likeness (QED) is 0.0531. The van der Waals surface area contributed by atoms with Gasteiger partial charge in [-0.1, -0.05) is 30.3 Å². The zero-order chi connectivity index (χ0) is 28.5. The number of unbranched alkanes of at least 4 members (excludes halogenated alkanes) is 1. The van der Waals surface area contributed by atoms with E-state index in [1.54, 1.807) is 30.3 Å². The van der Waals surface area contributed by atoms with Gasteiger partial charge in [0, 0.05) is 13.0 Å². The average molecular weight is 537 g/mol.